The highest BCUT2D eigenvalue weighted by atomic mass is 35.5. The normalized spacial score (nSPS) is 12.4. The molecular weight excluding hydrogens is 529 g/mol. The highest BCUT2D eigenvalue weighted by Crippen LogP contribution is 2.35. The van der Waals surface area contributed by atoms with Crippen LogP contribution in [0.5, 0.6) is 11.6 Å². The Labute approximate surface area is 227 Å². The number of nitriles is 1. The Morgan fingerprint density at radius 1 is 1.16 bits per heavy atom. The highest BCUT2D eigenvalue weighted by molar-refractivity contribution is 7.21. The van der Waals surface area contributed by atoms with Crippen LogP contribution in [-0.2, 0) is 10.2 Å². The highest BCUT2D eigenvalue weighted by Gasteiger charge is 2.29. The number of carbonyl (C=O) groups is 2. The molecule has 0 aliphatic carbocycles. The SMILES string of the molecule is CCC(=O)Nc1nc2ccc(Oc3ccc(F)c(NC(=O)c4cccc(C(C)(C#N)CC)c4Cl)c3)nc2s1. The Kier molecular flexibility index (Phi) is 7.90. The number of rotatable bonds is 8. The molecule has 1 unspecified atom stereocenters. The smallest absolute Gasteiger partial charge is 0.257 e. The minimum atomic E-state index is -0.874. The summed E-state index contributed by atoms with van der Waals surface area (Å²) in [6, 6.07) is 14.3. The Morgan fingerprint density at radius 3 is 2.66 bits per heavy atom. The summed E-state index contributed by atoms with van der Waals surface area (Å²) in [4.78, 5) is 33.9. The monoisotopic (exact) mass is 551 g/mol. The molecule has 8 nitrogen and oxygen atoms in total. The third-order valence-corrected chi connectivity index (χ3v) is 7.29. The second-order valence-corrected chi connectivity index (χ2v) is 9.91. The van der Waals surface area contributed by atoms with Crippen molar-refractivity contribution < 1.29 is 18.7 Å². The summed E-state index contributed by atoms with van der Waals surface area (Å²) in [5.41, 5.74) is 0.247. The quantitative estimate of drug-likeness (QED) is 0.242. The lowest BCUT2D eigenvalue weighted by atomic mass is 9.81. The lowest BCUT2D eigenvalue weighted by Gasteiger charge is -2.22. The zero-order chi connectivity index (χ0) is 27.4. The molecule has 194 valence electrons. The summed E-state index contributed by atoms with van der Waals surface area (Å²) >= 11 is 7.71. The predicted molar refractivity (Wildman–Crippen MR) is 145 cm³/mol. The summed E-state index contributed by atoms with van der Waals surface area (Å²) in [5.74, 6) is -0.991. The van der Waals surface area contributed by atoms with Gasteiger partial charge in [0.2, 0.25) is 11.8 Å². The lowest BCUT2D eigenvalue weighted by Crippen LogP contribution is -2.21. The van der Waals surface area contributed by atoms with Crippen molar-refractivity contribution in [1.29, 1.82) is 5.26 Å². The van der Waals surface area contributed by atoms with Gasteiger partial charge in [0.05, 0.1) is 27.8 Å². The van der Waals surface area contributed by atoms with Crippen LogP contribution in [0.2, 0.25) is 5.02 Å². The van der Waals surface area contributed by atoms with Crippen LogP contribution in [0.15, 0.2) is 48.5 Å². The van der Waals surface area contributed by atoms with Crippen LogP contribution in [0.1, 0.15) is 49.5 Å². The summed E-state index contributed by atoms with van der Waals surface area (Å²) in [6.07, 6.45) is 0.829. The number of halogens is 2. The average molecular weight is 552 g/mol. The Bertz CT molecular complexity index is 1580. The molecular formula is C27H23ClFN5O3S. The fraction of sp³-hybridized carbons (Fsp3) is 0.222. The van der Waals surface area contributed by atoms with Crippen molar-refractivity contribution in [3.63, 3.8) is 0 Å². The second kappa shape index (κ2) is 11.1. The molecule has 4 aromatic rings. The van der Waals surface area contributed by atoms with Gasteiger partial charge in [-0.3, -0.25) is 9.59 Å². The number of pyridine rings is 1. The van der Waals surface area contributed by atoms with Crippen molar-refractivity contribution in [1.82, 2.24) is 9.97 Å². The van der Waals surface area contributed by atoms with E-state index in [9.17, 15) is 19.2 Å². The van der Waals surface area contributed by atoms with Gasteiger partial charge >= 0.3 is 0 Å². The number of fused-ring (bicyclic) bond motifs is 1. The zero-order valence-corrected chi connectivity index (χ0v) is 22.3. The van der Waals surface area contributed by atoms with Gasteiger partial charge in [0.15, 0.2) is 5.13 Å². The first-order valence-corrected chi connectivity index (χ1v) is 12.9. The molecule has 4 rings (SSSR count). The Morgan fingerprint density at radius 2 is 1.95 bits per heavy atom. The van der Waals surface area contributed by atoms with Crippen molar-refractivity contribution in [2.45, 2.75) is 39.0 Å². The zero-order valence-electron chi connectivity index (χ0n) is 20.8. The van der Waals surface area contributed by atoms with Gasteiger partial charge in [-0.05, 0) is 43.2 Å². The average Bonchev–Trinajstić information content (AvgIpc) is 3.31. The van der Waals surface area contributed by atoms with E-state index < -0.39 is 17.1 Å². The van der Waals surface area contributed by atoms with Crippen LogP contribution < -0.4 is 15.4 Å². The van der Waals surface area contributed by atoms with E-state index in [1.54, 1.807) is 38.1 Å². The molecule has 2 aromatic carbocycles. The fourth-order valence-electron chi connectivity index (χ4n) is 3.56. The van der Waals surface area contributed by atoms with E-state index in [2.05, 4.69) is 26.7 Å². The number of benzene rings is 2. The molecule has 1 atom stereocenters. The first-order valence-electron chi connectivity index (χ1n) is 11.7. The van der Waals surface area contributed by atoms with Gasteiger partial charge in [-0.25, -0.2) is 14.4 Å². The van der Waals surface area contributed by atoms with Crippen molar-refractivity contribution in [3.05, 3.63) is 70.5 Å². The standard InChI is InChI=1S/C27H23ClFN5O3S/c1-4-21(35)33-26-32-19-11-12-22(34-25(19)38-26)37-15-9-10-18(29)20(13-15)31-24(36)16-7-6-8-17(23(16)28)27(3,5-2)14-30/h6-13H,4-5H2,1-3H3,(H,31,36)(H,32,33,35). The van der Waals surface area contributed by atoms with Gasteiger partial charge in [0, 0.05) is 18.6 Å². The molecule has 2 heterocycles. The number of aromatic nitrogens is 2. The summed E-state index contributed by atoms with van der Waals surface area (Å²) in [6.45, 7) is 5.35. The molecule has 0 spiro atoms. The van der Waals surface area contributed by atoms with E-state index in [1.165, 1.54) is 29.5 Å². The minimum absolute atomic E-state index is 0.115. The number of nitrogens with one attached hydrogen (secondary N) is 2. The topological polar surface area (TPSA) is 117 Å². The number of nitrogens with zero attached hydrogens (tertiary/aromatic N) is 3. The predicted octanol–water partition coefficient (Wildman–Crippen LogP) is 7.07. The summed E-state index contributed by atoms with van der Waals surface area (Å²) in [5, 5.41) is 15.4. The van der Waals surface area contributed by atoms with Gasteiger partial charge in [-0.15, -0.1) is 0 Å². The Balaban J connectivity index is 1.55. The van der Waals surface area contributed by atoms with Crippen LogP contribution in [0.4, 0.5) is 15.2 Å². The van der Waals surface area contributed by atoms with Gasteiger partial charge in [-0.2, -0.15) is 5.26 Å². The lowest BCUT2D eigenvalue weighted by molar-refractivity contribution is -0.115. The van der Waals surface area contributed by atoms with Gasteiger partial charge in [-0.1, -0.05) is 48.9 Å². The van der Waals surface area contributed by atoms with E-state index in [0.717, 1.165) is 6.07 Å². The second-order valence-electron chi connectivity index (χ2n) is 8.56. The maximum Gasteiger partial charge on any atom is 0.257 e. The van der Waals surface area contributed by atoms with Gasteiger partial charge in [0.1, 0.15) is 21.9 Å². The number of amides is 2. The molecule has 0 aliphatic rings. The molecule has 0 aliphatic heterocycles. The van der Waals surface area contributed by atoms with E-state index in [-0.39, 0.29) is 33.8 Å². The number of hydrogen-bond acceptors (Lipinski definition) is 7. The van der Waals surface area contributed by atoms with Crippen LogP contribution >= 0.6 is 22.9 Å². The number of carbonyl (C=O) groups excluding carboxylic acids is 2. The fourth-order valence-corrected chi connectivity index (χ4v) is 4.82. The molecule has 0 saturated heterocycles. The van der Waals surface area contributed by atoms with Gasteiger partial charge < -0.3 is 15.4 Å². The number of hydrogen-bond donors (Lipinski definition) is 2. The maximum absolute atomic E-state index is 14.6. The van der Waals surface area contributed by atoms with E-state index in [1.807, 2.05) is 6.92 Å². The molecule has 11 heteroatoms. The molecule has 0 bridgehead atoms. The number of ether oxygens (including phenoxy) is 1. The van der Waals surface area contributed by atoms with Crippen molar-refractivity contribution in [2.75, 3.05) is 10.6 Å². The van der Waals surface area contributed by atoms with Crippen LogP contribution in [0, 0.1) is 17.1 Å². The largest absolute Gasteiger partial charge is 0.439 e. The Hall–Kier alpha value is -4.07. The van der Waals surface area contributed by atoms with Crippen molar-refractivity contribution in [3.8, 4) is 17.7 Å². The van der Waals surface area contributed by atoms with E-state index in [4.69, 9.17) is 16.3 Å². The van der Waals surface area contributed by atoms with Crippen molar-refractivity contribution >= 4 is 55.9 Å². The molecule has 38 heavy (non-hydrogen) atoms. The van der Waals surface area contributed by atoms with E-state index in [0.29, 0.717) is 33.9 Å². The van der Waals surface area contributed by atoms with Crippen molar-refractivity contribution in [2.24, 2.45) is 0 Å². The number of thiazole rings is 1. The van der Waals surface area contributed by atoms with Crippen LogP contribution in [0.3, 0.4) is 0 Å². The molecule has 2 amide bonds. The molecule has 0 saturated carbocycles. The van der Waals surface area contributed by atoms with Crippen LogP contribution in [0.25, 0.3) is 10.3 Å². The number of anilines is 2. The van der Waals surface area contributed by atoms with Crippen LogP contribution in [-0.4, -0.2) is 21.8 Å². The molecule has 0 fully saturated rings. The first kappa shape index (κ1) is 27.0. The molecule has 0 radical (unpaired) electrons. The summed E-state index contributed by atoms with van der Waals surface area (Å²) in [7, 11) is 0. The molecule has 2 aromatic heterocycles. The van der Waals surface area contributed by atoms with Gasteiger partial charge in [0.25, 0.3) is 5.91 Å². The maximum atomic E-state index is 14.6. The molecule has 2 N–H and O–H groups in total. The minimum Gasteiger partial charge on any atom is -0.439 e. The summed E-state index contributed by atoms with van der Waals surface area (Å²) < 4.78 is 20.4. The first-order chi connectivity index (χ1) is 18.2. The third kappa shape index (κ3) is 5.59. The van der Waals surface area contributed by atoms with E-state index >= 15 is 0 Å². The third-order valence-electron chi connectivity index (χ3n) is 6.00.